The first kappa shape index (κ1) is 9.72. The summed E-state index contributed by atoms with van der Waals surface area (Å²) in [5, 5.41) is 0. The molecule has 0 radical (unpaired) electrons. The Bertz CT molecular complexity index is 281. The van der Waals surface area contributed by atoms with Crippen LogP contribution in [-0.4, -0.2) is 17.5 Å². The molecule has 1 aromatic carbocycles. The van der Waals surface area contributed by atoms with E-state index >= 15 is 0 Å². The average Bonchev–Trinajstić information content (AvgIpc) is 2.61. The largest absolute Gasteiger partial charge is 0.294 e. The molecule has 1 saturated heterocycles. The standard InChI is InChI=1S/C13H19N/c1-3-14-11(2)9-10-13(14)12-7-5-4-6-8-12/h4-8,11,13H,3,9-10H2,1-2H3/t11-,13-/m1/s1. The molecule has 1 aliphatic heterocycles. The van der Waals surface area contributed by atoms with Crippen LogP contribution < -0.4 is 0 Å². The number of benzene rings is 1. The van der Waals surface area contributed by atoms with Gasteiger partial charge in [-0.05, 0) is 31.9 Å². The van der Waals surface area contributed by atoms with Gasteiger partial charge in [0, 0.05) is 12.1 Å². The molecule has 0 spiro atoms. The summed E-state index contributed by atoms with van der Waals surface area (Å²) in [6, 6.07) is 12.3. The number of rotatable bonds is 2. The van der Waals surface area contributed by atoms with E-state index in [1.54, 1.807) is 0 Å². The Morgan fingerprint density at radius 2 is 1.93 bits per heavy atom. The summed E-state index contributed by atoms with van der Waals surface area (Å²) >= 11 is 0. The molecule has 76 valence electrons. The molecule has 1 aromatic rings. The van der Waals surface area contributed by atoms with Crippen LogP contribution in [-0.2, 0) is 0 Å². The predicted molar refractivity (Wildman–Crippen MR) is 60.3 cm³/mol. The molecule has 1 fully saturated rings. The van der Waals surface area contributed by atoms with Crippen molar-refractivity contribution in [3.8, 4) is 0 Å². The molecule has 0 saturated carbocycles. The maximum absolute atomic E-state index is 2.61. The van der Waals surface area contributed by atoms with Crippen molar-refractivity contribution in [2.24, 2.45) is 0 Å². The minimum Gasteiger partial charge on any atom is -0.294 e. The van der Waals surface area contributed by atoms with Crippen molar-refractivity contribution in [3.63, 3.8) is 0 Å². The zero-order valence-electron chi connectivity index (χ0n) is 9.11. The summed E-state index contributed by atoms with van der Waals surface area (Å²) in [7, 11) is 0. The summed E-state index contributed by atoms with van der Waals surface area (Å²) < 4.78 is 0. The van der Waals surface area contributed by atoms with Crippen molar-refractivity contribution in [1.29, 1.82) is 0 Å². The molecular formula is C13H19N. The van der Waals surface area contributed by atoms with Crippen LogP contribution >= 0.6 is 0 Å². The fraction of sp³-hybridized carbons (Fsp3) is 0.538. The third-order valence-corrected chi connectivity index (χ3v) is 3.37. The van der Waals surface area contributed by atoms with Crippen molar-refractivity contribution >= 4 is 0 Å². The van der Waals surface area contributed by atoms with Crippen LogP contribution in [0.15, 0.2) is 30.3 Å². The quantitative estimate of drug-likeness (QED) is 0.690. The lowest BCUT2D eigenvalue weighted by Gasteiger charge is -2.27. The molecule has 0 bridgehead atoms. The highest BCUT2D eigenvalue weighted by molar-refractivity contribution is 5.20. The normalized spacial score (nSPS) is 28.1. The first-order chi connectivity index (χ1) is 6.83. The monoisotopic (exact) mass is 189 g/mol. The lowest BCUT2D eigenvalue weighted by Crippen LogP contribution is -2.29. The fourth-order valence-corrected chi connectivity index (χ4v) is 2.60. The Labute approximate surface area is 86.7 Å². The van der Waals surface area contributed by atoms with Gasteiger partial charge in [-0.15, -0.1) is 0 Å². The topological polar surface area (TPSA) is 3.24 Å². The average molecular weight is 189 g/mol. The Morgan fingerprint density at radius 1 is 1.21 bits per heavy atom. The molecule has 1 heteroatoms. The Morgan fingerprint density at radius 3 is 2.57 bits per heavy atom. The molecule has 0 amide bonds. The molecule has 1 aliphatic rings. The first-order valence-electron chi connectivity index (χ1n) is 5.63. The molecule has 1 nitrogen and oxygen atoms in total. The summed E-state index contributed by atoms with van der Waals surface area (Å²) in [6.45, 7) is 5.77. The second kappa shape index (κ2) is 4.14. The van der Waals surface area contributed by atoms with Gasteiger partial charge in [-0.2, -0.15) is 0 Å². The summed E-state index contributed by atoms with van der Waals surface area (Å²) in [5.74, 6) is 0. The Kier molecular flexibility index (Phi) is 2.87. The van der Waals surface area contributed by atoms with Crippen molar-refractivity contribution < 1.29 is 0 Å². The third-order valence-electron chi connectivity index (χ3n) is 3.37. The Hall–Kier alpha value is -0.820. The molecule has 0 aliphatic carbocycles. The molecule has 0 N–H and O–H groups in total. The van der Waals surface area contributed by atoms with E-state index in [2.05, 4.69) is 49.1 Å². The van der Waals surface area contributed by atoms with E-state index in [0.717, 1.165) is 6.04 Å². The van der Waals surface area contributed by atoms with E-state index < -0.39 is 0 Å². The number of nitrogens with zero attached hydrogens (tertiary/aromatic N) is 1. The predicted octanol–water partition coefficient (Wildman–Crippen LogP) is 3.23. The summed E-state index contributed by atoms with van der Waals surface area (Å²) in [5.41, 5.74) is 1.48. The van der Waals surface area contributed by atoms with Gasteiger partial charge >= 0.3 is 0 Å². The van der Waals surface area contributed by atoms with E-state index in [-0.39, 0.29) is 0 Å². The second-order valence-corrected chi connectivity index (χ2v) is 4.18. The summed E-state index contributed by atoms with van der Waals surface area (Å²) in [6.07, 6.45) is 2.66. The van der Waals surface area contributed by atoms with Crippen molar-refractivity contribution in [2.45, 2.75) is 38.8 Å². The van der Waals surface area contributed by atoms with E-state index in [0.29, 0.717) is 6.04 Å². The zero-order valence-corrected chi connectivity index (χ0v) is 9.11. The minimum absolute atomic E-state index is 0.663. The van der Waals surface area contributed by atoms with E-state index in [1.165, 1.54) is 24.9 Å². The van der Waals surface area contributed by atoms with Crippen molar-refractivity contribution in [2.75, 3.05) is 6.54 Å². The lowest BCUT2D eigenvalue weighted by atomic mass is 10.0. The maximum atomic E-state index is 2.61. The van der Waals surface area contributed by atoms with Crippen LogP contribution in [0.5, 0.6) is 0 Å². The van der Waals surface area contributed by atoms with Gasteiger partial charge in [-0.1, -0.05) is 37.3 Å². The van der Waals surface area contributed by atoms with Crippen LogP contribution in [0.3, 0.4) is 0 Å². The smallest absolute Gasteiger partial charge is 0.0351 e. The van der Waals surface area contributed by atoms with E-state index in [1.807, 2.05) is 0 Å². The third kappa shape index (κ3) is 1.69. The van der Waals surface area contributed by atoms with E-state index in [9.17, 15) is 0 Å². The highest BCUT2D eigenvalue weighted by atomic mass is 15.2. The maximum Gasteiger partial charge on any atom is 0.0351 e. The van der Waals surface area contributed by atoms with Gasteiger partial charge in [-0.3, -0.25) is 4.90 Å². The lowest BCUT2D eigenvalue weighted by molar-refractivity contribution is 0.216. The van der Waals surface area contributed by atoms with Gasteiger partial charge in [0.05, 0.1) is 0 Å². The summed E-state index contributed by atoms with van der Waals surface area (Å²) in [4.78, 5) is 2.61. The van der Waals surface area contributed by atoms with Crippen LogP contribution in [0.4, 0.5) is 0 Å². The minimum atomic E-state index is 0.663. The Balaban J connectivity index is 2.19. The zero-order chi connectivity index (χ0) is 9.97. The van der Waals surface area contributed by atoms with Gasteiger partial charge < -0.3 is 0 Å². The van der Waals surface area contributed by atoms with Crippen LogP contribution in [0, 0.1) is 0 Å². The number of likely N-dealkylation sites (tertiary alicyclic amines) is 1. The SMILES string of the molecule is CCN1[C@H](C)CC[C@@H]1c1ccccc1. The van der Waals surface area contributed by atoms with Crippen LogP contribution in [0.25, 0.3) is 0 Å². The van der Waals surface area contributed by atoms with Crippen molar-refractivity contribution in [1.82, 2.24) is 4.90 Å². The highest BCUT2D eigenvalue weighted by Crippen LogP contribution is 2.35. The molecule has 0 unspecified atom stereocenters. The van der Waals surface area contributed by atoms with Crippen LogP contribution in [0.2, 0.25) is 0 Å². The molecule has 2 rings (SSSR count). The number of hydrogen-bond acceptors (Lipinski definition) is 1. The second-order valence-electron chi connectivity index (χ2n) is 4.18. The first-order valence-corrected chi connectivity index (χ1v) is 5.63. The molecule has 14 heavy (non-hydrogen) atoms. The van der Waals surface area contributed by atoms with Crippen molar-refractivity contribution in [3.05, 3.63) is 35.9 Å². The van der Waals surface area contributed by atoms with Crippen LogP contribution in [0.1, 0.15) is 38.3 Å². The van der Waals surface area contributed by atoms with Gasteiger partial charge in [0.1, 0.15) is 0 Å². The van der Waals surface area contributed by atoms with Gasteiger partial charge in [0.15, 0.2) is 0 Å². The van der Waals surface area contributed by atoms with E-state index in [4.69, 9.17) is 0 Å². The molecule has 1 heterocycles. The van der Waals surface area contributed by atoms with Gasteiger partial charge in [-0.25, -0.2) is 0 Å². The van der Waals surface area contributed by atoms with Gasteiger partial charge in [0.2, 0.25) is 0 Å². The highest BCUT2D eigenvalue weighted by Gasteiger charge is 2.29. The fourth-order valence-electron chi connectivity index (χ4n) is 2.60. The molecule has 2 atom stereocenters. The molecule has 0 aromatic heterocycles. The van der Waals surface area contributed by atoms with Gasteiger partial charge in [0.25, 0.3) is 0 Å². The molecular weight excluding hydrogens is 170 g/mol. The number of hydrogen-bond donors (Lipinski definition) is 0.